The SMILES string of the molecule is C[C@H]1C[C@]1(C#N)n1c(C(=O)N(C)c2ccccc2)cc2cc(C3CCOCC3)cc(F)c21.C[C@H]1C[C@]1(c1noc(=O)[nH]1)n1c(C(=O)N(C)c2ccccc2)cc2cc(C3CCOCC3)cc(F)c21.C[C@H]1C[C@]1(c1noc(=O)[nH]1)n1c(C(=O)O)cc2cc(C3CCOCC3)cc(F)c21. The molecule has 6 atom stereocenters. The number of nitrogens with one attached hydrogen (secondary N) is 2. The average Bonchev–Trinajstić information content (AvgIpc) is 1.54. The average molecular weight is 1320 g/mol. The second-order valence-corrected chi connectivity index (χ2v) is 26.9. The Morgan fingerprint density at radius 1 is 0.526 bits per heavy atom. The third-order valence-electron chi connectivity index (χ3n) is 21.2. The standard InChI is InChI=1S/C27H27FN4O4.C26H26FN3O2.C20H20FN3O5/c1-16-15-27(16,25-29-26(34)36-30-25)32-22(24(33)31(2)20-6-4-3-5-7-20)14-19-12-18(13-21(28)23(19)32)17-8-10-35-11-9-17;1-17-15-26(17,16-28)30-23(25(31)29(2)21-6-4-3-5-7-21)14-20-12-19(13-22(27)24(20)30)18-8-10-32-11-9-18;1-10-9-20(10,18-22-19(27)29-23-18)24-15(17(25)26)8-13-6-12(7-14(21)16(13)24)11-2-4-28-5-3-11/h3-7,12-14,16-17H,8-11,15H2,1-2H3,(H,29,30,34);3-7,12-14,17-18H,8-11,15H2,1-2H3;6-8,10-11H,2-5,9H2,1H3,(H,25,26)(H,22,23,27)/t16-,27-;17-,26+;10-,20-/m000/s1. The second-order valence-electron chi connectivity index (χ2n) is 26.9. The highest BCUT2D eigenvalue weighted by molar-refractivity contribution is 6.09. The van der Waals surface area contributed by atoms with Crippen LogP contribution in [0.2, 0.25) is 0 Å². The Morgan fingerprint density at radius 2 is 0.856 bits per heavy atom. The lowest BCUT2D eigenvalue weighted by molar-refractivity contribution is 0.0681. The highest BCUT2D eigenvalue weighted by Crippen LogP contribution is 2.58. The molecule has 10 aromatic rings. The van der Waals surface area contributed by atoms with Crippen molar-refractivity contribution in [1.82, 2.24) is 34.0 Å². The normalized spacial score (nSPS) is 23.3. The van der Waals surface area contributed by atoms with E-state index in [2.05, 4.69) is 30.9 Å². The number of H-pyrrole nitrogens is 2. The van der Waals surface area contributed by atoms with Crippen LogP contribution in [0, 0.1) is 46.5 Å². The molecule has 97 heavy (non-hydrogen) atoms. The molecule has 21 nitrogen and oxygen atoms in total. The molecule has 3 aliphatic carbocycles. The summed E-state index contributed by atoms with van der Waals surface area (Å²) in [4.78, 5) is 71.2. The number of para-hydroxylation sites is 2. The van der Waals surface area contributed by atoms with Gasteiger partial charge in [-0.3, -0.25) is 28.6 Å². The zero-order chi connectivity index (χ0) is 67.8. The number of carboxylic acid groups (broad SMARTS) is 1. The van der Waals surface area contributed by atoms with E-state index in [-0.39, 0.29) is 70.2 Å². The Balaban J connectivity index is 0.000000125. The minimum Gasteiger partial charge on any atom is -0.477 e. The third kappa shape index (κ3) is 11.3. The van der Waals surface area contributed by atoms with E-state index < -0.39 is 45.7 Å². The summed E-state index contributed by atoms with van der Waals surface area (Å²) >= 11 is 0. The van der Waals surface area contributed by atoms with Crippen LogP contribution in [-0.4, -0.2) is 111 Å². The molecule has 3 aliphatic heterocycles. The number of aromatic amines is 2. The zero-order valence-corrected chi connectivity index (χ0v) is 54.3. The number of carbonyl (C=O) groups excluding carboxylic acids is 2. The van der Waals surface area contributed by atoms with Gasteiger partial charge in [0.05, 0.1) is 22.6 Å². The third-order valence-corrected chi connectivity index (χ3v) is 21.2. The van der Waals surface area contributed by atoms with Crippen molar-refractivity contribution in [2.45, 2.75) is 113 Å². The largest absolute Gasteiger partial charge is 0.477 e. The van der Waals surface area contributed by atoms with Crippen molar-refractivity contribution in [3.05, 3.63) is 199 Å². The van der Waals surface area contributed by atoms with Crippen molar-refractivity contribution >= 4 is 61.9 Å². The number of hydrogen-bond acceptors (Lipinski definition) is 13. The number of rotatable bonds is 13. The van der Waals surface area contributed by atoms with Gasteiger partial charge in [0.2, 0.25) is 0 Å². The Hall–Kier alpha value is -9.83. The lowest BCUT2D eigenvalue weighted by atomic mass is 9.91. The number of fused-ring (bicyclic) bond motifs is 3. The molecule has 0 unspecified atom stereocenters. The van der Waals surface area contributed by atoms with Gasteiger partial charge in [0.15, 0.2) is 11.6 Å². The van der Waals surface area contributed by atoms with E-state index in [1.54, 1.807) is 57.3 Å². The summed E-state index contributed by atoms with van der Waals surface area (Å²) in [5.41, 5.74) is 2.90. The molecular weight excluding hydrogens is 1250 g/mol. The number of aromatic nitrogens is 7. The number of halogens is 3. The van der Waals surface area contributed by atoms with E-state index in [4.69, 9.17) is 18.7 Å². The van der Waals surface area contributed by atoms with Crippen LogP contribution in [0.1, 0.15) is 156 Å². The van der Waals surface area contributed by atoms with Gasteiger partial charge < -0.3 is 42.8 Å². The summed E-state index contributed by atoms with van der Waals surface area (Å²) in [6, 6.07) is 36.5. The first-order valence-corrected chi connectivity index (χ1v) is 33.0. The van der Waals surface area contributed by atoms with Crippen molar-refractivity contribution in [1.29, 1.82) is 5.26 Å². The van der Waals surface area contributed by atoms with Crippen LogP contribution >= 0.6 is 0 Å². The summed E-state index contributed by atoms with van der Waals surface area (Å²) in [7, 11) is 3.41. The van der Waals surface area contributed by atoms with Crippen molar-refractivity contribution < 1.29 is 55.9 Å². The van der Waals surface area contributed by atoms with Gasteiger partial charge in [-0.1, -0.05) is 67.5 Å². The number of ether oxygens (including phenoxy) is 3. The van der Waals surface area contributed by atoms with Gasteiger partial charge in [0.25, 0.3) is 11.8 Å². The smallest absolute Gasteiger partial charge is 0.438 e. The van der Waals surface area contributed by atoms with Gasteiger partial charge in [-0.15, -0.1) is 0 Å². The molecule has 3 saturated heterocycles. The summed E-state index contributed by atoms with van der Waals surface area (Å²) in [6.07, 6.45) is 6.67. The highest BCUT2D eigenvalue weighted by Gasteiger charge is 2.61. The van der Waals surface area contributed by atoms with E-state index in [1.807, 2.05) is 99.6 Å². The maximum Gasteiger partial charge on any atom is 0.438 e. The predicted molar refractivity (Wildman–Crippen MR) is 353 cm³/mol. The predicted octanol–water partition coefficient (Wildman–Crippen LogP) is 12.5. The molecule has 0 bridgehead atoms. The molecule has 8 heterocycles. The summed E-state index contributed by atoms with van der Waals surface area (Å²) in [5, 5.41) is 29.5. The number of nitriles is 1. The molecule has 5 aromatic carbocycles. The van der Waals surface area contributed by atoms with Crippen LogP contribution in [0.25, 0.3) is 32.7 Å². The monoisotopic (exact) mass is 1320 g/mol. The van der Waals surface area contributed by atoms with E-state index in [9.17, 15) is 34.3 Å². The highest BCUT2D eigenvalue weighted by atomic mass is 19.1. The van der Waals surface area contributed by atoms with Crippen molar-refractivity contribution in [2.75, 3.05) is 63.5 Å². The first kappa shape index (κ1) is 64.5. The van der Waals surface area contributed by atoms with Crippen LogP contribution in [0.5, 0.6) is 0 Å². The van der Waals surface area contributed by atoms with E-state index in [1.165, 1.54) is 16.7 Å². The van der Waals surface area contributed by atoms with Gasteiger partial charge in [-0.05, 0) is 189 Å². The molecule has 0 radical (unpaired) electrons. The summed E-state index contributed by atoms with van der Waals surface area (Å²) < 4.78 is 77.6. The Bertz CT molecular complexity index is 4850. The second kappa shape index (κ2) is 25.3. The molecule has 3 saturated carbocycles. The molecule has 5 aromatic heterocycles. The number of amides is 2. The van der Waals surface area contributed by atoms with Gasteiger partial charge in [-0.25, -0.2) is 27.6 Å². The number of hydrogen-bond donors (Lipinski definition) is 3. The number of carboxylic acids is 1. The summed E-state index contributed by atoms with van der Waals surface area (Å²) in [6.45, 7) is 9.77. The number of benzene rings is 5. The van der Waals surface area contributed by atoms with Gasteiger partial charge >= 0.3 is 17.5 Å². The molecule has 0 spiro atoms. The maximum atomic E-state index is 16.0. The maximum absolute atomic E-state index is 16.0. The first-order chi connectivity index (χ1) is 46.8. The first-order valence-electron chi connectivity index (χ1n) is 33.0. The number of aromatic carboxylic acids is 1. The summed E-state index contributed by atoms with van der Waals surface area (Å²) in [5.74, 6) is -3.26. The van der Waals surface area contributed by atoms with E-state index in [0.29, 0.717) is 103 Å². The number of nitrogens with zero attached hydrogens (tertiary/aromatic N) is 8. The number of anilines is 2. The molecular formula is C73H73F3N10O11. The van der Waals surface area contributed by atoms with E-state index in [0.717, 1.165) is 66.6 Å². The van der Waals surface area contributed by atoms with Crippen LogP contribution < -0.4 is 21.3 Å². The van der Waals surface area contributed by atoms with Gasteiger partial charge in [-0.2, -0.15) is 5.26 Å². The Labute approximate surface area is 554 Å². The fraction of sp³-hybridized carbons (Fsp3) is 0.397. The van der Waals surface area contributed by atoms with Crippen molar-refractivity contribution in [2.24, 2.45) is 17.8 Å². The van der Waals surface area contributed by atoms with Crippen LogP contribution in [0.3, 0.4) is 0 Å². The van der Waals surface area contributed by atoms with Crippen LogP contribution in [0.15, 0.2) is 134 Å². The van der Waals surface area contributed by atoms with Crippen molar-refractivity contribution in [3.8, 4) is 6.07 Å². The minimum atomic E-state index is -1.17. The molecule has 502 valence electrons. The number of carbonyl (C=O) groups is 3. The lowest BCUT2D eigenvalue weighted by Gasteiger charge is -2.24. The van der Waals surface area contributed by atoms with Crippen LogP contribution in [0.4, 0.5) is 24.5 Å². The zero-order valence-electron chi connectivity index (χ0n) is 54.3. The molecule has 6 fully saturated rings. The Kier molecular flexibility index (Phi) is 16.8. The molecule has 24 heteroatoms. The molecule has 2 amide bonds. The van der Waals surface area contributed by atoms with Gasteiger partial charge in [0.1, 0.15) is 51.2 Å². The Morgan fingerprint density at radius 3 is 1.16 bits per heavy atom. The quantitative estimate of drug-likeness (QED) is 0.0970. The topological polar surface area (TPSA) is 262 Å². The van der Waals surface area contributed by atoms with Crippen LogP contribution in [-0.2, 0) is 30.8 Å². The minimum absolute atomic E-state index is 0.00278. The molecule has 16 rings (SSSR count). The van der Waals surface area contributed by atoms with Gasteiger partial charge in [0, 0.05) is 81.3 Å². The van der Waals surface area contributed by atoms with Crippen molar-refractivity contribution in [3.63, 3.8) is 0 Å². The lowest BCUT2D eigenvalue weighted by Crippen LogP contribution is -2.33. The fourth-order valence-corrected chi connectivity index (χ4v) is 15.4. The molecule has 6 aliphatic rings. The molecule has 3 N–H and O–H groups in total. The van der Waals surface area contributed by atoms with E-state index >= 15 is 13.2 Å². The fourth-order valence-electron chi connectivity index (χ4n) is 15.4.